The zero-order valence-corrected chi connectivity index (χ0v) is 13.7. The van der Waals surface area contributed by atoms with Gasteiger partial charge >= 0.3 is 0 Å². The Morgan fingerprint density at radius 1 is 1.12 bits per heavy atom. The van der Waals surface area contributed by atoms with Crippen LogP contribution in [-0.4, -0.2) is 34.1 Å². The fourth-order valence-corrected chi connectivity index (χ4v) is 3.16. The quantitative estimate of drug-likeness (QED) is 0.760. The maximum Gasteiger partial charge on any atom is 0.266 e. The van der Waals surface area contributed by atoms with Crippen molar-refractivity contribution in [3.63, 3.8) is 0 Å². The van der Waals surface area contributed by atoms with Crippen molar-refractivity contribution < 1.29 is 13.9 Å². The van der Waals surface area contributed by atoms with Crippen LogP contribution in [0.4, 0.5) is 14.6 Å². The fourth-order valence-electron chi connectivity index (χ4n) is 3.16. The molecule has 1 aromatic heterocycles. The molecule has 1 N–H and O–H groups in total. The molecule has 0 saturated carbocycles. The van der Waals surface area contributed by atoms with Gasteiger partial charge in [-0.2, -0.15) is 0 Å². The Morgan fingerprint density at radius 3 is 2.64 bits per heavy atom. The molecule has 1 aliphatic rings. The summed E-state index contributed by atoms with van der Waals surface area (Å²) in [5.41, 5.74) is 2.18. The van der Waals surface area contributed by atoms with E-state index in [1.54, 1.807) is 29.2 Å². The van der Waals surface area contributed by atoms with Gasteiger partial charge in [0.1, 0.15) is 11.6 Å². The van der Waals surface area contributed by atoms with Gasteiger partial charge in [0.05, 0.1) is 17.6 Å². The molecular formula is C19H17F2N3O. The van der Waals surface area contributed by atoms with Crippen LogP contribution in [0, 0.1) is 6.92 Å². The number of para-hydroxylation sites is 1. The molecule has 0 bridgehead atoms. The molecule has 6 heteroatoms. The van der Waals surface area contributed by atoms with E-state index in [-0.39, 0.29) is 25.3 Å². The summed E-state index contributed by atoms with van der Waals surface area (Å²) in [6.07, 6.45) is -0.184. The van der Waals surface area contributed by atoms with Crippen LogP contribution in [0.25, 0.3) is 22.3 Å². The zero-order chi connectivity index (χ0) is 17.6. The Hall–Kier alpha value is -2.76. The third kappa shape index (κ3) is 2.88. The van der Waals surface area contributed by atoms with Crippen LogP contribution in [0.1, 0.15) is 12.0 Å². The lowest BCUT2D eigenvalue weighted by atomic mass is 10.1. The minimum atomic E-state index is -2.71. The summed E-state index contributed by atoms with van der Waals surface area (Å²) in [6, 6.07) is 12.5. The molecule has 1 saturated heterocycles. The van der Waals surface area contributed by atoms with Crippen LogP contribution in [0.15, 0.2) is 42.5 Å². The van der Waals surface area contributed by atoms with Crippen molar-refractivity contribution in [2.75, 3.05) is 18.0 Å². The van der Waals surface area contributed by atoms with E-state index in [0.29, 0.717) is 22.7 Å². The number of anilines is 1. The Kier molecular flexibility index (Phi) is 3.56. The second kappa shape index (κ2) is 5.65. The number of phenolic OH excluding ortho intramolecular Hbond substituents is 1. The minimum Gasteiger partial charge on any atom is -0.507 e. The monoisotopic (exact) mass is 341 g/mol. The summed E-state index contributed by atoms with van der Waals surface area (Å²) < 4.78 is 27.4. The Morgan fingerprint density at radius 2 is 1.92 bits per heavy atom. The lowest BCUT2D eigenvalue weighted by Gasteiger charge is -2.20. The van der Waals surface area contributed by atoms with E-state index in [9.17, 15) is 13.9 Å². The highest BCUT2D eigenvalue weighted by molar-refractivity contribution is 5.92. The second-order valence-electron chi connectivity index (χ2n) is 6.44. The van der Waals surface area contributed by atoms with Crippen molar-refractivity contribution in [1.29, 1.82) is 0 Å². The van der Waals surface area contributed by atoms with Crippen LogP contribution in [0.3, 0.4) is 0 Å². The van der Waals surface area contributed by atoms with Gasteiger partial charge in [-0.15, -0.1) is 0 Å². The number of fused-ring (bicyclic) bond motifs is 1. The number of aryl methyl sites for hydroxylation is 1. The van der Waals surface area contributed by atoms with Gasteiger partial charge in [0, 0.05) is 18.4 Å². The average Bonchev–Trinajstić information content (AvgIpc) is 2.94. The van der Waals surface area contributed by atoms with Gasteiger partial charge in [0.25, 0.3) is 5.92 Å². The lowest BCUT2D eigenvalue weighted by Crippen LogP contribution is -2.26. The SMILES string of the molecule is Cc1ccc2c(N3CCC(F)(F)C3)nc(-c3ccccc3O)nc2c1. The van der Waals surface area contributed by atoms with Crippen LogP contribution in [0.2, 0.25) is 0 Å². The minimum absolute atomic E-state index is 0.0622. The summed E-state index contributed by atoms with van der Waals surface area (Å²) in [5.74, 6) is -1.83. The zero-order valence-electron chi connectivity index (χ0n) is 13.7. The molecule has 0 unspecified atom stereocenters. The van der Waals surface area contributed by atoms with Crippen molar-refractivity contribution in [1.82, 2.24) is 9.97 Å². The molecule has 2 heterocycles. The molecule has 0 spiro atoms. The fraction of sp³-hybridized carbons (Fsp3) is 0.263. The number of aromatic nitrogens is 2. The third-order valence-electron chi connectivity index (χ3n) is 4.45. The van der Waals surface area contributed by atoms with E-state index in [1.165, 1.54) is 0 Å². The highest BCUT2D eigenvalue weighted by Gasteiger charge is 2.39. The smallest absolute Gasteiger partial charge is 0.266 e. The van der Waals surface area contributed by atoms with E-state index < -0.39 is 5.92 Å². The van der Waals surface area contributed by atoms with E-state index in [0.717, 1.165) is 10.9 Å². The maximum atomic E-state index is 13.7. The lowest BCUT2D eigenvalue weighted by molar-refractivity contribution is 0.0257. The summed E-state index contributed by atoms with van der Waals surface area (Å²) in [4.78, 5) is 10.7. The standard InChI is InChI=1S/C19H17F2N3O/c1-12-6-7-13-15(10-12)22-17(14-4-2-3-5-16(14)25)23-18(13)24-9-8-19(20,21)11-24/h2-7,10,25H,8-9,11H2,1H3. The summed E-state index contributed by atoms with van der Waals surface area (Å²) in [5, 5.41) is 10.9. The molecular weight excluding hydrogens is 324 g/mol. The molecule has 4 rings (SSSR count). The molecule has 1 fully saturated rings. The number of benzene rings is 2. The first-order valence-corrected chi connectivity index (χ1v) is 8.12. The Bertz CT molecular complexity index is 959. The van der Waals surface area contributed by atoms with Gasteiger partial charge in [-0.05, 0) is 36.8 Å². The molecule has 128 valence electrons. The summed E-state index contributed by atoms with van der Waals surface area (Å²) in [6.45, 7) is 1.84. The van der Waals surface area contributed by atoms with Gasteiger partial charge in [0.15, 0.2) is 5.82 Å². The van der Waals surface area contributed by atoms with E-state index in [1.807, 2.05) is 25.1 Å². The van der Waals surface area contributed by atoms with Crippen LogP contribution >= 0.6 is 0 Å². The number of phenols is 1. The maximum absolute atomic E-state index is 13.7. The number of hydrogen-bond acceptors (Lipinski definition) is 4. The van der Waals surface area contributed by atoms with Gasteiger partial charge in [-0.3, -0.25) is 0 Å². The van der Waals surface area contributed by atoms with Crippen molar-refractivity contribution >= 4 is 16.7 Å². The second-order valence-corrected chi connectivity index (χ2v) is 6.44. The number of aromatic hydroxyl groups is 1. The Labute approximate surface area is 143 Å². The van der Waals surface area contributed by atoms with E-state index in [2.05, 4.69) is 9.97 Å². The van der Waals surface area contributed by atoms with Gasteiger partial charge in [-0.1, -0.05) is 18.2 Å². The molecule has 0 aliphatic carbocycles. The number of nitrogens with zero attached hydrogens (tertiary/aromatic N) is 3. The number of hydrogen-bond donors (Lipinski definition) is 1. The average molecular weight is 341 g/mol. The largest absolute Gasteiger partial charge is 0.507 e. The molecule has 1 aliphatic heterocycles. The van der Waals surface area contributed by atoms with Crippen molar-refractivity contribution in [2.24, 2.45) is 0 Å². The van der Waals surface area contributed by atoms with Crippen molar-refractivity contribution in [2.45, 2.75) is 19.3 Å². The molecule has 0 radical (unpaired) electrons. The van der Waals surface area contributed by atoms with Gasteiger partial charge in [-0.25, -0.2) is 18.7 Å². The van der Waals surface area contributed by atoms with Crippen molar-refractivity contribution in [3.05, 3.63) is 48.0 Å². The predicted octanol–water partition coefficient (Wildman–Crippen LogP) is 4.16. The van der Waals surface area contributed by atoms with E-state index in [4.69, 9.17) is 0 Å². The van der Waals surface area contributed by atoms with Crippen molar-refractivity contribution in [3.8, 4) is 17.1 Å². The highest BCUT2D eigenvalue weighted by Crippen LogP contribution is 2.36. The predicted molar refractivity (Wildman–Crippen MR) is 93.2 cm³/mol. The topological polar surface area (TPSA) is 49.2 Å². The highest BCUT2D eigenvalue weighted by atomic mass is 19.3. The number of halogens is 2. The molecule has 4 nitrogen and oxygen atoms in total. The van der Waals surface area contributed by atoms with Crippen LogP contribution in [-0.2, 0) is 0 Å². The third-order valence-corrected chi connectivity index (χ3v) is 4.45. The molecule has 0 amide bonds. The van der Waals surface area contributed by atoms with E-state index >= 15 is 0 Å². The van der Waals surface area contributed by atoms with Crippen LogP contribution in [0.5, 0.6) is 5.75 Å². The first kappa shape index (κ1) is 15.7. The summed E-state index contributed by atoms with van der Waals surface area (Å²) in [7, 11) is 0. The van der Waals surface area contributed by atoms with Crippen LogP contribution < -0.4 is 4.90 Å². The molecule has 3 aromatic rings. The number of rotatable bonds is 2. The molecule has 2 aromatic carbocycles. The molecule has 0 atom stereocenters. The molecule has 25 heavy (non-hydrogen) atoms. The summed E-state index contributed by atoms with van der Waals surface area (Å²) >= 11 is 0. The van der Waals surface area contributed by atoms with Gasteiger partial charge in [0.2, 0.25) is 0 Å². The number of alkyl halides is 2. The first-order chi connectivity index (χ1) is 11.9. The Balaban J connectivity index is 1.93. The first-order valence-electron chi connectivity index (χ1n) is 8.12. The normalized spacial score (nSPS) is 16.5. The van der Waals surface area contributed by atoms with Gasteiger partial charge < -0.3 is 10.0 Å².